The minimum atomic E-state index is 0. The fourth-order valence-electron chi connectivity index (χ4n) is 2.08. The molecule has 0 spiro atoms. The molecule has 3 nitrogen and oxygen atoms in total. The topological polar surface area (TPSA) is 27.6 Å². The van der Waals surface area contributed by atoms with Gasteiger partial charge in [0.2, 0.25) is 0 Å². The van der Waals surface area contributed by atoms with Crippen molar-refractivity contribution < 1.29 is 0 Å². The van der Waals surface area contributed by atoms with Gasteiger partial charge in [-0.25, -0.2) is 0 Å². The Morgan fingerprint density at radius 3 is 2.71 bits per heavy atom. The molecule has 0 amide bonds. The summed E-state index contributed by atoms with van der Waals surface area (Å²) in [5.41, 5.74) is 0. The van der Waals surface area contributed by atoms with E-state index >= 15 is 0 Å². The summed E-state index contributed by atoms with van der Waals surface area (Å²) >= 11 is 0. The molecule has 1 atom stereocenters. The molecule has 17 heavy (non-hydrogen) atoms. The lowest BCUT2D eigenvalue weighted by Crippen LogP contribution is -2.46. The molecule has 1 heterocycles. The average Bonchev–Trinajstić information content (AvgIpc) is 2.24. The Morgan fingerprint density at radius 1 is 1.47 bits per heavy atom. The third-order valence-corrected chi connectivity index (χ3v) is 2.90. The van der Waals surface area contributed by atoms with Crippen LogP contribution < -0.4 is 5.32 Å². The molecule has 0 aliphatic carbocycles. The number of nitrogens with zero attached hydrogens (tertiary/aromatic N) is 2. The van der Waals surface area contributed by atoms with Gasteiger partial charge in [-0.1, -0.05) is 20.8 Å². The van der Waals surface area contributed by atoms with Crippen molar-refractivity contribution in [2.24, 2.45) is 16.8 Å². The Balaban J connectivity index is 0.00000256. The van der Waals surface area contributed by atoms with Gasteiger partial charge >= 0.3 is 0 Å². The van der Waals surface area contributed by atoms with Crippen LogP contribution in [0.2, 0.25) is 0 Å². The van der Waals surface area contributed by atoms with Crippen molar-refractivity contribution in [3.8, 4) is 0 Å². The highest BCUT2D eigenvalue weighted by atomic mass is 127. The van der Waals surface area contributed by atoms with Crippen molar-refractivity contribution in [2.75, 3.05) is 26.2 Å². The van der Waals surface area contributed by atoms with Crippen LogP contribution in [0.5, 0.6) is 0 Å². The number of nitrogens with one attached hydrogen (secondary N) is 1. The van der Waals surface area contributed by atoms with Crippen LogP contribution in [0.4, 0.5) is 0 Å². The smallest absolute Gasteiger partial charge is 0.193 e. The summed E-state index contributed by atoms with van der Waals surface area (Å²) in [6.07, 6.45) is 2.66. The van der Waals surface area contributed by atoms with Gasteiger partial charge in [0.1, 0.15) is 0 Å². The molecule has 0 radical (unpaired) electrons. The van der Waals surface area contributed by atoms with Gasteiger partial charge in [0.05, 0.1) is 0 Å². The first kappa shape index (κ1) is 17.0. The van der Waals surface area contributed by atoms with E-state index in [0.29, 0.717) is 5.92 Å². The molecule has 0 aromatic heterocycles. The third-order valence-electron chi connectivity index (χ3n) is 2.90. The Hall–Kier alpha value is 0. The van der Waals surface area contributed by atoms with Crippen LogP contribution in [0.1, 0.15) is 40.5 Å². The molecule has 0 bridgehead atoms. The van der Waals surface area contributed by atoms with Gasteiger partial charge in [0.25, 0.3) is 0 Å². The Morgan fingerprint density at radius 2 is 2.18 bits per heavy atom. The number of halogens is 1. The first-order chi connectivity index (χ1) is 7.63. The first-order valence-corrected chi connectivity index (χ1v) is 6.66. The van der Waals surface area contributed by atoms with E-state index in [1.807, 2.05) is 0 Å². The van der Waals surface area contributed by atoms with Gasteiger partial charge in [-0.15, -0.1) is 24.0 Å². The lowest BCUT2D eigenvalue weighted by Gasteiger charge is -2.33. The molecule has 1 fully saturated rings. The van der Waals surface area contributed by atoms with Crippen molar-refractivity contribution in [1.82, 2.24) is 10.2 Å². The first-order valence-electron chi connectivity index (χ1n) is 6.66. The molecule has 1 N–H and O–H groups in total. The molecule has 1 saturated heterocycles. The minimum Gasteiger partial charge on any atom is -0.357 e. The zero-order valence-electron chi connectivity index (χ0n) is 11.7. The molecule has 102 valence electrons. The molecule has 0 saturated carbocycles. The number of guanidine groups is 1. The maximum Gasteiger partial charge on any atom is 0.193 e. The van der Waals surface area contributed by atoms with Gasteiger partial charge in [-0.05, 0) is 31.6 Å². The predicted molar refractivity (Wildman–Crippen MR) is 86.2 cm³/mol. The van der Waals surface area contributed by atoms with Crippen molar-refractivity contribution in [1.29, 1.82) is 0 Å². The van der Waals surface area contributed by atoms with Crippen LogP contribution in [0.25, 0.3) is 0 Å². The summed E-state index contributed by atoms with van der Waals surface area (Å²) in [4.78, 5) is 7.12. The van der Waals surface area contributed by atoms with E-state index < -0.39 is 0 Å². The number of rotatable bonds is 3. The van der Waals surface area contributed by atoms with Gasteiger partial charge < -0.3 is 10.2 Å². The molecule has 0 aromatic rings. The molecule has 0 aromatic carbocycles. The zero-order chi connectivity index (χ0) is 12.0. The van der Waals surface area contributed by atoms with Gasteiger partial charge in [0.15, 0.2) is 5.96 Å². The summed E-state index contributed by atoms with van der Waals surface area (Å²) in [6, 6.07) is 0. The SMILES string of the molecule is CCNC(=NCC(C)C)N1CCCC(C)C1.I. The van der Waals surface area contributed by atoms with Crippen LogP contribution in [0.3, 0.4) is 0 Å². The normalized spacial score (nSPS) is 21.4. The zero-order valence-corrected chi connectivity index (χ0v) is 14.0. The largest absolute Gasteiger partial charge is 0.357 e. The van der Waals surface area contributed by atoms with Crippen LogP contribution >= 0.6 is 24.0 Å². The number of hydrogen-bond acceptors (Lipinski definition) is 1. The van der Waals surface area contributed by atoms with Gasteiger partial charge in [-0.3, -0.25) is 4.99 Å². The highest BCUT2D eigenvalue weighted by Gasteiger charge is 2.18. The van der Waals surface area contributed by atoms with E-state index in [1.54, 1.807) is 0 Å². The van der Waals surface area contributed by atoms with Crippen LogP contribution in [0.15, 0.2) is 4.99 Å². The fourth-order valence-corrected chi connectivity index (χ4v) is 2.08. The predicted octanol–water partition coefficient (Wildman–Crippen LogP) is 2.96. The maximum atomic E-state index is 4.70. The molecule has 1 unspecified atom stereocenters. The second kappa shape index (κ2) is 9.00. The summed E-state index contributed by atoms with van der Waals surface area (Å²) in [5, 5.41) is 3.40. The molecule has 1 rings (SSSR count). The van der Waals surface area contributed by atoms with E-state index in [4.69, 9.17) is 4.99 Å². The molecule has 1 aliphatic rings. The summed E-state index contributed by atoms with van der Waals surface area (Å²) in [7, 11) is 0. The number of aliphatic imine (C=N–C) groups is 1. The summed E-state index contributed by atoms with van der Waals surface area (Å²) in [6.45, 7) is 13.1. The number of piperidine rings is 1. The van der Waals surface area contributed by atoms with Crippen molar-refractivity contribution in [3.05, 3.63) is 0 Å². The molecular formula is C13H28IN3. The van der Waals surface area contributed by atoms with E-state index in [0.717, 1.165) is 38.1 Å². The van der Waals surface area contributed by atoms with Gasteiger partial charge in [-0.2, -0.15) is 0 Å². The quantitative estimate of drug-likeness (QED) is 0.480. The monoisotopic (exact) mass is 353 g/mol. The Bertz CT molecular complexity index is 229. The summed E-state index contributed by atoms with van der Waals surface area (Å²) < 4.78 is 0. The van der Waals surface area contributed by atoms with E-state index in [1.165, 1.54) is 12.8 Å². The van der Waals surface area contributed by atoms with E-state index in [-0.39, 0.29) is 24.0 Å². The lowest BCUT2D eigenvalue weighted by molar-refractivity contribution is 0.265. The Kier molecular flexibility index (Phi) is 9.00. The maximum absolute atomic E-state index is 4.70. The Labute approximate surface area is 123 Å². The highest BCUT2D eigenvalue weighted by molar-refractivity contribution is 14.0. The van der Waals surface area contributed by atoms with Crippen molar-refractivity contribution >= 4 is 29.9 Å². The highest BCUT2D eigenvalue weighted by Crippen LogP contribution is 2.15. The fraction of sp³-hybridized carbons (Fsp3) is 0.923. The third kappa shape index (κ3) is 6.48. The van der Waals surface area contributed by atoms with Crippen molar-refractivity contribution in [3.63, 3.8) is 0 Å². The average molecular weight is 353 g/mol. The summed E-state index contributed by atoms with van der Waals surface area (Å²) in [5.74, 6) is 2.55. The number of likely N-dealkylation sites (tertiary alicyclic amines) is 1. The molecule has 1 aliphatic heterocycles. The van der Waals surface area contributed by atoms with Crippen LogP contribution in [0, 0.1) is 11.8 Å². The van der Waals surface area contributed by atoms with Crippen LogP contribution in [-0.4, -0.2) is 37.0 Å². The second-order valence-corrected chi connectivity index (χ2v) is 5.28. The molecule has 4 heteroatoms. The number of hydrogen-bond donors (Lipinski definition) is 1. The van der Waals surface area contributed by atoms with Gasteiger partial charge in [0, 0.05) is 26.2 Å². The van der Waals surface area contributed by atoms with Crippen LogP contribution in [-0.2, 0) is 0 Å². The standard InChI is InChI=1S/C13H27N3.HI/c1-5-14-13(15-9-11(2)3)16-8-6-7-12(4)10-16;/h11-12H,5-10H2,1-4H3,(H,14,15);1H. The second-order valence-electron chi connectivity index (χ2n) is 5.28. The molecular weight excluding hydrogens is 325 g/mol. The van der Waals surface area contributed by atoms with Crippen molar-refractivity contribution in [2.45, 2.75) is 40.5 Å². The lowest BCUT2D eigenvalue weighted by atomic mass is 10.0. The van der Waals surface area contributed by atoms with E-state index in [9.17, 15) is 0 Å². The minimum absolute atomic E-state index is 0. The van der Waals surface area contributed by atoms with E-state index in [2.05, 4.69) is 37.9 Å².